The second-order valence-corrected chi connectivity index (χ2v) is 8.33. The predicted octanol–water partition coefficient (Wildman–Crippen LogP) is 3.70. The van der Waals surface area contributed by atoms with Gasteiger partial charge in [0.25, 0.3) is 17.5 Å². The van der Waals surface area contributed by atoms with Gasteiger partial charge in [-0.2, -0.15) is 0 Å². The van der Waals surface area contributed by atoms with E-state index in [0.29, 0.717) is 38.7 Å². The van der Waals surface area contributed by atoms with Crippen LogP contribution in [0.4, 0.5) is 5.69 Å². The number of unbranched alkanes of at least 4 members (excludes halogenated alkanes) is 2. The van der Waals surface area contributed by atoms with Crippen LogP contribution in [0.5, 0.6) is 5.75 Å². The first kappa shape index (κ1) is 22.4. The Morgan fingerprint density at radius 3 is 2.79 bits per heavy atom. The van der Waals surface area contributed by atoms with Gasteiger partial charge in [0.15, 0.2) is 0 Å². The van der Waals surface area contributed by atoms with Crippen LogP contribution in [0.25, 0.3) is 0 Å². The van der Waals surface area contributed by atoms with Crippen molar-refractivity contribution in [3.05, 3.63) is 68.8 Å². The van der Waals surface area contributed by atoms with Crippen molar-refractivity contribution in [2.75, 3.05) is 13.2 Å². The molecule has 0 aromatic heterocycles. The van der Waals surface area contributed by atoms with Gasteiger partial charge in [0.1, 0.15) is 11.3 Å². The number of hydrogen-bond donors (Lipinski definition) is 1. The van der Waals surface area contributed by atoms with Crippen molar-refractivity contribution in [3.63, 3.8) is 0 Å². The van der Waals surface area contributed by atoms with Gasteiger partial charge in [-0.05, 0) is 31.9 Å². The lowest BCUT2D eigenvalue weighted by Gasteiger charge is -2.27. The van der Waals surface area contributed by atoms with E-state index in [0.717, 1.165) is 21.8 Å². The van der Waals surface area contributed by atoms with Crippen molar-refractivity contribution < 1.29 is 24.0 Å². The molecule has 4 rings (SSSR count). The molecule has 0 bridgehead atoms. The summed E-state index contributed by atoms with van der Waals surface area (Å²) in [6, 6.07) is 9.93. The fourth-order valence-electron chi connectivity index (χ4n) is 4.33. The number of nitro groups is 1. The average molecular weight is 451 g/mol. The minimum atomic E-state index is -0.649. The van der Waals surface area contributed by atoms with E-state index >= 15 is 0 Å². The molecule has 9 heteroatoms. The highest BCUT2D eigenvalue weighted by Crippen LogP contribution is 2.33. The lowest BCUT2D eigenvalue weighted by Crippen LogP contribution is -2.32. The number of hydrogen-bond acceptors (Lipinski definition) is 6. The van der Waals surface area contributed by atoms with Gasteiger partial charge in [-0.15, -0.1) is 0 Å². The van der Waals surface area contributed by atoms with Gasteiger partial charge >= 0.3 is 0 Å². The van der Waals surface area contributed by atoms with Gasteiger partial charge in [0.2, 0.25) is 5.91 Å². The van der Waals surface area contributed by atoms with Crippen molar-refractivity contribution in [1.82, 2.24) is 10.2 Å². The van der Waals surface area contributed by atoms with Gasteiger partial charge in [-0.1, -0.05) is 30.2 Å². The quantitative estimate of drug-likeness (QED) is 0.283. The Kier molecular flexibility index (Phi) is 6.39. The van der Waals surface area contributed by atoms with Crippen molar-refractivity contribution in [1.29, 1.82) is 0 Å². The van der Waals surface area contributed by atoms with Gasteiger partial charge in [0.05, 0.1) is 23.1 Å². The molecular weight excluding hydrogens is 426 g/mol. The number of nitro benzene ring substituents is 1. The molecule has 0 spiro atoms. The van der Waals surface area contributed by atoms with Crippen LogP contribution < -0.4 is 10.1 Å². The minimum Gasteiger partial charge on any atom is -0.493 e. The third-order valence-corrected chi connectivity index (χ3v) is 6.00. The highest BCUT2D eigenvalue weighted by Gasteiger charge is 2.40. The van der Waals surface area contributed by atoms with Gasteiger partial charge in [-0.25, -0.2) is 0 Å². The number of nitrogens with one attached hydrogen (secondary N) is 1. The van der Waals surface area contributed by atoms with Crippen LogP contribution in [0.3, 0.4) is 0 Å². The molecule has 0 radical (unpaired) electrons. The highest BCUT2D eigenvalue weighted by atomic mass is 16.6. The van der Waals surface area contributed by atoms with Crippen molar-refractivity contribution >= 4 is 23.4 Å². The topological polar surface area (TPSA) is 119 Å². The van der Waals surface area contributed by atoms with Crippen molar-refractivity contribution in [2.45, 2.75) is 45.1 Å². The molecule has 3 amide bonds. The highest BCUT2D eigenvalue weighted by molar-refractivity contribution is 6.23. The number of carbonyl (C=O) groups excluding carboxylic acids is 3. The SMILES string of the molecule is Cc1ccc2c(c1)C(NC(=O)CCCCCN1C(=O)c3cccc([N+](=O)[O-])c3C1=O)CCO2. The van der Waals surface area contributed by atoms with Crippen molar-refractivity contribution in [3.8, 4) is 5.75 Å². The third kappa shape index (κ3) is 4.57. The number of aryl methyl sites for hydroxylation is 1. The van der Waals surface area contributed by atoms with Crippen LogP contribution >= 0.6 is 0 Å². The Hall–Kier alpha value is -3.75. The Balaban J connectivity index is 1.25. The largest absolute Gasteiger partial charge is 0.493 e. The zero-order chi connectivity index (χ0) is 23.5. The molecule has 33 heavy (non-hydrogen) atoms. The Morgan fingerprint density at radius 2 is 2.00 bits per heavy atom. The van der Waals surface area contributed by atoms with E-state index in [-0.39, 0.29) is 35.3 Å². The predicted molar refractivity (Wildman–Crippen MR) is 119 cm³/mol. The number of ether oxygens (including phenoxy) is 1. The molecule has 2 aromatic rings. The van der Waals surface area contributed by atoms with Crippen LogP contribution in [-0.4, -0.2) is 40.7 Å². The fraction of sp³-hybridized carbons (Fsp3) is 0.375. The zero-order valence-corrected chi connectivity index (χ0v) is 18.3. The first-order valence-corrected chi connectivity index (χ1v) is 11.0. The summed E-state index contributed by atoms with van der Waals surface area (Å²) >= 11 is 0. The summed E-state index contributed by atoms with van der Waals surface area (Å²) in [6.07, 6.45) is 2.83. The number of benzene rings is 2. The maximum absolute atomic E-state index is 12.6. The first-order valence-electron chi connectivity index (χ1n) is 11.0. The molecule has 2 heterocycles. The standard InChI is InChI=1S/C24H25N3O6/c1-15-9-10-20-17(14-15)18(11-13-33-20)25-21(28)8-3-2-4-12-26-23(29)16-6-5-7-19(27(31)32)22(16)24(26)30/h5-7,9-10,14,18H,2-4,8,11-13H2,1H3,(H,25,28). The summed E-state index contributed by atoms with van der Waals surface area (Å²) in [4.78, 5) is 49.1. The molecule has 0 saturated carbocycles. The monoisotopic (exact) mass is 451 g/mol. The molecule has 2 aliphatic heterocycles. The summed E-state index contributed by atoms with van der Waals surface area (Å²) in [6.45, 7) is 2.72. The first-order chi connectivity index (χ1) is 15.9. The molecular formula is C24H25N3O6. The van der Waals surface area contributed by atoms with Crippen molar-refractivity contribution in [2.24, 2.45) is 0 Å². The van der Waals surface area contributed by atoms with E-state index in [1.165, 1.54) is 18.2 Å². The maximum Gasteiger partial charge on any atom is 0.282 e. The maximum atomic E-state index is 12.6. The number of fused-ring (bicyclic) bond motifs is 2. The van der Waals surface area contributed by atoms with E-state index in [1.807, 2.05) is 25.1 Å². The summed E-state index contributed by atoms with van der Waals surface area (Å²) < 4.78 is 5.66. The molecule has 2 aliphatic rings. The number of carbonyl (C=O) groups is 3. The molecule has 0 fully saturated rings. The average Bonchev–Trinajstić information content (AvgIpc) is 3.04. The van der Waals surface area contributed by atoms with Crippen LogP contribution in [0.15, 0.2) is 36.4 Å². The van der Waals surface area contributed by atoms with E-state index in [2.05, 4.69) is 5.32 Å². The molecule has 2 aromatic carbocycles. The lowest BCUT2D eigenvalue weighted by molar-refractivity contribution is -0.385. The van der Waals surface area contributed by atoms with Gasteiger partial charge < -0.3 is 10.1 Å². The van der Waals surface area contributed by atoms with E-state index in [4.69, 9.17) is 4.74 Å². The van der Waals surface area contributed by atoms with E-state index in [9.17, 15) is 24.5 Å². The number of rotatable bonds is 8. The van der Waals surface area contributed by atoms with Gasteiger partial charge in [-0.3, -0.25) is 29.4 Å². The second kappa shape index (κ2) is 9.40. The van der Waals surface area contributed by atoms with Crippen LogP contribution in [0, 0.1) is 17.0 Å². The zero-order valence-electron chi connectivity index (χ0n) is 18.3. The molecule has 1 atom stereocenters. The summed E-state index contributed by atoms with van der Waals surface area (Å²) in [5, 5.41) is 14.3. The smallest absolute Gasteiger partial charge is 0.282 e. The van der Waals surface area contributed by atoms with Crippen LogP contribution in [-0.2, 0) is 4.79 Å². The number of amides is 3. The Labute approximate surface area is 190 Å². The summed E-state index contributed by atoms with van der Waals surface area (Å²) in [7, 11) is 0. The second-order valence-electron chi connectivity index (χ2n) is 8.33. The molecule has 172 valence electrons. The van der Waals surface area contributed by atoms with Crippen LogP contribution in [0.2, 0.25) is 0 Å². The summed E-state index contributed by atoms with van der Waals surface area (Å²) in [5.41, 5.74) is 1.68. The van der Waals surface area contributed by atoms with E-state index in [1.54, 1.807) is 0 Å². The summed E-state index contributed by atoms with van der Waals surface area (Å²) in [5.74, 6) is -0.387. The Bertz CT molecular complexity index is 1130. The number of imide groups is 1. The molecule has 1 N–H and O–H groups in total. The molecule has 0 saturated heterocycles. The van der Waals surface area contributed by atoms with Crippen LogP contribution in [0.1, 0.15) is 70.0 Å². The third-order valence-electron chi connectivity index (χ3n) is 6.00. The minimum absolute atomic E-state index is 0.0503. The Morgan fingerprint density at radius 1 is 1.18 bits per heavy atom. The number of nitrogens with zero attached hydrogens (tertiary/aromatic N) is 2. The fourth-order valence-corrected chi connectivity index (χ4v) is 4.33. The molecule has 9 nitrogen and oxygen atoms in total. The normalized spacial score (nSPS) is 16.8. The van der Waals surface area contributed by atoms with E-state index < -0.39 is 16.7 Å². The molecule has 1 unspecified atom stereocenters. The van der Waals surface area contributed by atoms with Gasteiger partial charge in [0, 0.05) is 31.0 Å². The molecule has 0 aliphatic carbocycles. The lowest BCUT2D eigenvalue weighted by atomic mass is 9.98.